The first-order valence-electron chi connectivity index (χ1n) is 9.91. The highest BCUT2D eigenvalue weighted by Crippen LogP contribution is 2.37. The quantitative estimate of drug-likeness (QED) is 0.623. The first kappa shape index (κ1) is 22.3. The molecule has 4 unspecified atom stereocenters. The van der Waals surface area contributed by atoms with E-state index >= 15 is 0 Å². The van der Waals surface area contributed by atoms with E-state index in [-0.39, 0.29) is 11.1 Å². The van der Waals surface area contributed by atoms with Crippen molar-refractivity contribution in [2.45, 2.75) is 115 Å². The molecule has 1 aliphatic rings. The Morgan fingerprint density at radius 2 is 1.17 bits per heavy atom. The van der Waals surface area contributed by atoms with Gasteiger partial charge in [-0.25, -0.2) is 0 Å². The summed E-state index contributed by atoms with van der Waals surface area (Å²) >= 11 is 0. The minimum Gasteiger partial charge on any atom is -0.307 e. The van der Waals surface area contributed by atoms with Gasteiger partial charge in [0, 0.05) is 11.1 Å². The molecule has 129 valence electrons. The highest BCUT2D eigenvalue weighted by atomic mass is 15.0. The summed E-state index contributed by atoms with van der Waals surface area (Å²) in [4.78, 5) is 0. The fraction of sp³-hybridized carbons (Fsp3) is 1.00. The minimum absolute atomic E-state index is 0.233. The SMILES string of the molecule is C[B]C(C)[B]C(C)[B]C(C)[B]C(C)[B]C1CC(C)(C)NC(C)(C)C1. The Hall–Kier alpha value is 0.285. The fourth-order valence-electron chi connectivity index (χ4n) is 4.71. The summed E-state index contributed by atoms with van der Waals surface area (Å²) < 4.78 is 0. The Balaban J connectivity index is 2.40. The third kappa shape index (κ3) is 8.59. The van der Waals surface area contributed by atoms with Gasteiger partial charge in [0.25, 0.3) is 0 Å². The van der Waals surface area contributed by atoms with E-state index in [4.69, 9.17) is 0 Å². The zero-order valence-corrected chi connectivity index (χ0v) is 17.7. The maximum absolute atomic E-state index is 3.78. The Morgan fingerprint density at radius 3 is 1.62 bits per heavy atom. The van der Waals surface area contributed by atoms with E-state index < -0.39 is 0 Å². The second-order valence-corrected chi connectivity index (χ2v) is 9.60. The van der Waals surface area contributed by atoms with Crippen LogP contribution in [0.3, 0.4) is 0 Å². The van der Waals surface area contributed by atoms with Crippen LogP contribution in [-0.4, -0.2) is 47.5 Å². The summed E-state index contributed by atoms with van der Waals surface area (Å²) in [5, 5.41) is 3.78. The molecular formula is C18H37B5N. The van der Waals surface area contributed by atoms with Gasteiger partial charge < -0.3 is 5.32 Å². The third-order valence-electron chi connectivity index (χ3n) is 5.14. The maximum atomic E-state index is 3.78. The summed E-state index contributed by atoms with van der Waals surface area (Å²) in [6.07, 6.45) is 2.47. The van der Waals surface area contributed by atoms with Gasteiger partial charge in [0.05, 0.1) is 29.1 Å². The van der Waals surface area contributed by atoms with Crippen LogP contribution in [0.5, 0.6) is 0 Å². The fourth-order valence-corrected chi connectivity index (χ4v) is 4.71. The highest BCUT2D eigenvalue weighted by molar-refractivity contribution is 6.74. The van der Waals surface area contributed by atoms with E-state index in [1.165, 1.54) is 12.8 Å². The molecule has 0 saturated carbocycles. The molecule has 1 aliphatic heterocycles. The molecule has 0 bridgehead atoms. The Kier molecular flexibility index (Phi) is 8.64. The van der Waals surface area contributed by atoms with Gasteiger partial charge in [-0.1, -0.05) is 63.2 Å². The van der Waals surface area contributed by atoms with Crippen molar-refractivity contribution in [3.05, 3.63) is 0 Å². The largest absolute Gasteiger partial charge is 0.307 e. The topological polar surface area (TPSA) is 12.0 Å². The lowest BCUT2D eigenvalue weighted by Crippen LogP contribution is -2.57. The van der Waals surface area contributed by atoms with Crippen molar-refractivity contribution in [1.82, 2.24) is 5.32 Å². The predicted octanol–water partition coefficient (Wildman–Crippen LogP) is 4.35. The number of hydrogen-bond acceptors (Lipinski definition) is 1. The van der Waals surface area contributed by atoms with Gasteiger partial charge in [0.1, 0.15) is 7.28 Å². The van der Waals surface area contributed by atoms with E-state index in [2.05, 4.69) is 104 Å². The van der Waals surface area contributed by atoms with Crippen molar-refractivity contribution in [3.8, 4) is 0 Å². The molecule has 1 fully saturated rings. The van der Waals surface area contributed by atoms with Gasteiger partial charge in [-0.05, 0) is 40.5 Å². The molecule has 6 heteroatoms. The van der Waals surface area contributed by atoms with Crippen LogP contribution < -0.4 is 5.32 Å². The van der Waals surface area contributed by atoms with Gasteiger partial charge in [-0.2, -0.15) is 0 Å². The monoisotopic (exact) mass is 322 g/mol. The van der Waals surface area contributed by atoms with Crippen LogP contribution in [0, 0.1) is 0 Å². The molecule has 0 aromatic rings. The third-order valence-corrected chi connectivity index (χ3v) is 5.14. The van der Waals surface area contributed by atoms with Gasteiger partial charge in [-0.3, -0.25) is 0 Å². The molecule has 1 rings (SSSR count). The average Bonchev–Trinajstić information content (AvgIpc) is 2.33. The van der Waals surface area contributed by atoms with E-state index in [0.717, 1.165) is 0 Å². The molecule has 0 spiro atoms. The van der Waals surface area contributed by atoms with E-state index in [1.54, 1.807) is 0 Å². The van der Waals surface area contributed by atoms with Gasteiger partial charge >= 0.3 is 0 Å². The maximum Gasteiger partial charge on any atom is 0.108 e. The first-order chi connectivity index (χ1) is 10.9. The number of hydrogen-bond donors (Lipinski definition) is 1. The van der Waals surface area contributed by atoms with Crippen molar-refractivity contribution in [2.75, 3.05) is 0 Å². The summed E-state index contributed by atoms with van der Waals surface area (Å²) in [7, 11) is 12.3. The van der Waals surface area contributed by atoms with Crippen LogP contribution >= 0.6 is 0 Å². The zero-order chi connectivity index (χ0) is 18.5. The van der Waals surface area contributed by atoms with E-state index in [9.17, 15) is 0 Å². The second kappa shape index (κ2) is 9.29. The number of piperidine rings is 1. The molecule has 1 heterocycles. The van der Waals surface area contributed by atoms with Crippen molar-refractivity contribution < 1.29 is 0 Å². The van der Waals surface area contributed by atoms with Crippen molar-refractivity contribution >= 4 is 36.4 Å². The number of nitrogens with one attached hydrogen (secondary N) is 1. The molecule has 5 radical (unpaired) electrons. The molecule has 1 saturated heterocycles. The van der Waals surface area contributed by atoms with Crippen molar-refractivity contribution in [2.24, 2.45) is 0 Å². The zero-order valence-electron chi connectivity index (χ0n) is 17.7. The smallest absolute Gasteiger partial charge is 0.108 e. The van der Waals surface area contributed by atoms with E-state index in [1.807, 2.05) is 0 Å². The van der Waals surface area contributed by atoms with Crippen molar-refractivity contribution in [3.63, 3.8) is 0 Å². The summed E-state index contributed by atoms with van der Waals surface area (Å²) in [6.45, 7) is 20.7. The lowest BCUT2D eigenvalue weighted by Gasteiger charge is -2.47. The van der Waals surface area contributed by atoms with Crippen LogP contribution in [-0.2, 0) is 0 Å². The number of rotatable bonds is 9. The van der Waals surface area contributed by atoms with Gasteiger partial charge in [-0.15, -0.1) is 0 Å². The molecule has 1 nitrogen and oxygen atoms in total. The molecule has 0 aliphatic carbocycles. The molecular weight excluding hydrogens is 284 g/mol. The molecule has 0 amide bonds. The van der Waals surface area contributed by atoms with Crippen molar-refractivity contribution in [1.29, 1.82) is 0 Å². The van der Waals surface area contributed by atoms with Gasteiger partial charge in [0.15, 0.2) is 0 Å². The Morgan fingerprint density at radius 1 is 0.750 bits per heavy atom. The predicted molar refractivity (Wildman–Crippen MR) is 117 cm³/mol. The first-order valence-corrected chi connectivity index (χ1v) is 9.91. The van der Waals surface area contributed by atoms with Crippen LogP contribution in [0.2, 0.25) is 35.5 Å². The molecule has 4 atom stereocenters. The standard InChI is InChI=1S/C18H37B5N/c1-12(19-9)20-13(2)21-14(3)22-15(4)23-16-10-17(5,6)24-18(7,8)11-16/h12-16,24H,10-11H2,1-9H3. The second-order valence-electron chi connectivity index (χ2n) is 9.60. The lowest BCUT2D eigenvalue weighted by molar-refractivity contribution is 0.182. The molecule has 0 aromatic carbocycles. The lowest BCUT2D eigenvalue weighted by atomic mass is 9.25. The van der Waals surface area contributed by atoms with E-state index in [0.29, 0.717) is 28.7 Å². The molecule has 24 heavy (non-hydrogen) atoms. The highest BCUT2D eigenvalue weighted by Gasteiger charge is 2.38. The van der Waals surface area contributed by atoms with Crippen LogP contribution in [0.4, 0.5) is 0 Å². The summed E-state index contributed by atoms with van der Waals surface area (Å²) in [5.74, 6) is 0.702. The van der Waals surface area contributed by atoms with Crippen LogP contribution in [0.15, 0.2) is 0 Å². The summed E-state index contributed by atoms with van der Waals surface area (Å²) in [5.41, 5.74) is 2.73. The Bertz CT molecular complexity index is 358. The van der Waals surface area contributed by atoms with Crippen LogP contribution in [0.1, 0.15) is 68.2 Å². The minimum atomic E-state index is 0.233. The van der Waals surface area contributed by atoms with Gasteiger partial charge in [0.2, 0.25) is 0 Å². The summed E-state index contributed by atoms with van der Waals surface area (Å²) in [6, 6.07) is 0. The van der Waals surface area contributed by atoms with Crippen LogP contribution in [0.25, 0.3) is 0 Å². The average molecular weight is 322 g/mol. The molecule has 1 N–H and O–H groups in total. The normalized spacial score (nSPS) is 25.0. The molecule has 0 aromatic heterocycles. The Labute approximate surface area is 156 Å².